The van der Waals surface area contributed by atoms with Crippen molar-refractivity contribution in [2.75, 3.05) is 13.2 Å². The van der Waals surface area contributed by atoms with Crippen molar-refractivity contribution in [3.63, 3.8) is 0 Å². The molecule has 1 rings (SSSR count). The Bertz CT molecular complexity index is 104. The van der Waals surface area contributed by atoms with Gasteiger partial charge in [0.1, 0.15) is 0 Å². The molecule has 1 atom stereocenters. The van der Waals surface area contributed by atoms with Gasteiger partial charge in [-0.05, 0) is 18.2 Å². The van der Waals surface area contributed by atoms with Crippen molar-refractivity contribution in [3.8, 4) is 0 Å². The van der Waals surface area contributed by atoms with Gasteiger partial charge in [0.2, 0.25) is 0 Å². The van der Waals surface area contributed by atoms with Crippen LogP contribution in [0.4, 0.5) is 0 Å². The Kier molecular flexibility index (Phi) is 3.91. The molecule has 1 unspecified atom stereocenters. The number of hydrogen-bond acceptors (Lipinski definition) is 2. The predicted octanol–water partition coefficient (Wildman–Crippen LogP) is 2.43. The third kappa shape index (κ3) is 2.76. The van der Waals surface area contributed by atoms with E-state index in [9.17, 15) is 0 Å². The van der Waals surface area contributed by atoms with Crippen LogP contribution in [0.3, 0.4) is 0 Å². The van der Waals surface area contributed by atoms with E-state index in [1.54, 1.807) is 0 Å². The van der Waals surface area contributed by atoms with Gasteiger partial charge in [-0.3, -0.25) is 0 Å². The average molecular weight is 158 g/mol. The second kappa shape index (κ2) is 4.80. The molecule has 1 aliphatic rings. The van der Waals surface area contributed by atoms with Crippen molar-refractivity contribution in [1.29, 1.82) is 0 Å². The number of thioether (sulfide) groups is 1. The van der Waals surface area contributed by atoms with E-state index in [0.717, 1.165) is 19.6 Å². The van der Waals surface area contributed by atoms with Crippen LogP contribution in [0.25, 0.3) is 0 Å². The lowest BCUT2D eigenvalue weighted by Gasteiger charge is -2.07. The second-order valence-corrected chi connectivity index (χ2v) is 3.65. The van der Waals surface area contributed by atoms with Crippen molar-refractivity contribution < 1.29 is 4.74 Å². The van der Waals surface area contributed by atoms with E-state index in [1.807, 2.05) is 11.8 Å². The molecule has 1 nitrogen and oxygen atoms in total. The molecular formula is C8H14OS. The summed E-state index contributed by atoms with van der Waals surface area (Å²) in [5.74, 6) is 0. The highest BCUT2D eigenvalue weighted by Crippen LogP contribution is 2.23. The first-order valence-corrected chi connectivity index (χ1v) is 4.76. The Morgan fingerprint density at radius 3 is 3.20 bits per heavy atom. The minimum absolute atomic E-state index is 0.701. The third-order valence-corrected chi connectivity index (χ3v) is 2.48. The zero-order chi connectivity index (χ0) is 7.23. The summed E-state index contributed by atoms with van der Waals surface area (Å²) in [4.78, 5) is 0. The fourth-order valence-electron chi connectivity index (χ4n) is 0.896. The Balaban J connectivity index is 1.93. The van der Waals surface area contributed by atoms with Gasteiger partial charge < -0.3 is 4.74 Å². The largest absolute Gasteiger partial charge is 0.380 e. The van der Waals surface area contributed by atoms with Crippen LogP contribution in [0.1, 0.15) is 19.8 Å². The standard InChI is InChI=1S/C8H14OS/c1-2-5-9-7-8-4-3-6-10-8/h3,6,8H,2,4-5,7H2,1H3. The highest BCUT2D eigenvalue weighted by molar-refractivity contribution is 8.03. The van der Waals surface area contributed by atoms with Crippen LogP contribution < -0.4 is 0 Å². The summed E-state index contributed by atoms with van der Waals surface area (Å²) in [7, 11) is 0. The van der Waals surface area contributed by atoms with Gasteiger partial charge in [0.25, 0.3) is 0 Å². The summed E-state index contributed by atoms with van der Waals surface area (Å²) in [5.41, 5.74) is 0. The lowest BCUT2D eigenvalue weighted by molar-refractivity contribution is 0.136. The molecule has 0 aromatic carbocycles. The molecule has 0 aromatic rings. The Hall–Kier alpha value is 0.0500. The van der Waals surface area contributed by atoms with Crippen LogP contribution >= 0.6 is 11.8 Å². The van der Waals surface area contributed by atoms with Crippen molar-refractivity contribution >= 4 is 11.8 Å². The molecular weight excluding hydrogens is 144 g/mol. The van der Waals surface area contributed by atoms with E-state index in [2.05, 4.69) is 18.4 Å². The first-order valence-electron chi connectivity index (χ1n) is 3.81. The Morgan fingerprint density at radius 2 is 2.60 bits per heavy atom. The van der Waals surface area contributed by atoms with Gasteiger partial charge in [-0.15, -0.1) is 11.8 Å². The molecule has 10 heavy (non-hydrogen) atoms. The Labute approximate surface area is 66.8 Å². The monoisotopic (exact) mass is 158 g/mol. The summed E-state index contributed by atoms with van der Waals surface area (Å²) in [6, 6.07) is 0. The van der Waals surface area contributed by atoms with Gasteiger partial charge in [-0.25, -0.2) is 0 Å². The third-order valence-electron chi connectivity index (χ3n) is 1.42. The zero-order valence-corrected chi connectivity index (χ0v) is 7.19. The van der Waals surface area contributed by atoms with E-state index < -0.39 is 0 Å². The second-order valence-electron chi connectivity index (χ2n) is 2.44. The highest BCUT2D eigenvalue weighted by atomic mass is 32.2. The highest BCUT2D eigenvalue weighted by Gasteiger charge is 2.09. The maximum atomic E-state index is 5.41. The molecule has 0 fully saturated rings. The van der Waals surface area contributed by atoms with Crippen LogP contribution in [0.5, 0.6) is 0 Å². The first kappa shape index (κ1) is 8.15. The minimum Gasteiger partial charge on any atom is -0.380 e. The maximum absolute atomic E-state index is 5.41. The molecule has 0 aliphatic carbocycles. The lowest BCUT2D eigenvalue weighted by atomic mass is 10.3. The Morgan fingerprint density at radius 1 is 1.70 bits per heavy atom. The van der Waals surface area contributed by atoms with Crippen LogP contribution in [0, 0.1) is 0 Å². The van der Waals surface area contributed by atoms with Crippen molar-refractivity contribution in [1.82, 2.24) is 0 Å². The number of ether oxygens (including phenoxy) is 1. The molecule has 0 N–H and O–H groups in total. The van der Waals surface area contributed by atoms with Gasteiger partial charge in [0.05, 0.1) is 6.61 Å². The summed E-state index contributed by atoms with van der Waals surface area (Å²) in [6.45, 7) is 3.97. The summed E-state index contributed by atoms with van der Waals surface area (Å²) < 4.78 is 5.41. The molecule has 0 amide bonds. The first-order chi connectivity index (χ1) is 4.93. The van der Waals surface area contributed by atoms with Gasteiger partial charge in [-0.1, -0.05) is 13.0 Å². The molecule has 0 aromatic heterocycles. The fraction of sp³-hybridized carbons (Fsp3) is 0.750. The van der Waals surface area contributed by atoms with E-state index in [-0.39, 0.29) is 0 Å². The maximum Gasteiger partial charge on any atom is 0.0591 e. The van der Waals surface area contributed by atoms with Crippen LogP contribution in [0.2, 0.25) is 0 Å². The summed E-state index contributed by atoms with van der Waals surface area (Å²) in [5, 5.41) is 2.87. The molecule has 2 heteroatoms. The quantitative estimate of drug-likeness (QED) is 0.581. The fourth-order valence-corrected chi connectivity index (χ4v) is 1.74. The van der Waals surface area contributed by atoms with Gasteiger partial charge in [-0.2, -0.15) is 0 Å². The number of rotatable bonds is 4. The summed E-state index contributed by atoms with van der Waals surface area (Å²) >= 11 is 1.89. The molecule has 0 bridgehead atoms. The normalized spacial score (nSPS) is 23.9. The van der Waals surface area contributed by atoms with Gasteiger partial charge in [0.15, 0.2) is 0 Å². The van der Waals surface area contributed by atoms with Crippen molar-refractivity contribution in [2.24, 2.45) is 0 Å². The predicted molar refractivity (Wildman–Crippen MR) is 46.2 cm³/mol. The van der Waals surface area contributed by atoms with Crippen molar-refractivity contribution in [2.45, 2.75) is 25.0 Å². The topological polar surface area (TPSA) is 9.23 Å². The number of allylic oxidation sites excluding steroid dienone is 1. The summed E-state index contributed by atoms with van der Waals surface area (Å²) in [6.07, 6.45) is 4.53. The number of hydrogen-bond donors (Lipinski definition) is 0. The van der Waals surface area contributed by atoms with E-state index in [4.69, 9.17) is 4.74 Å². The molecule has 0 saturated carbocycles. The van der Waals surface area contributed by atoms with E-state index in [0.29, 0.717) is 5.25 Å². The average Bonchev–Trinajstić information content (AvgIpc) is 2.41. The minimum atomic E-state index is 0.701. The zero-order valence-electron chi connectivity index (χ0n) is 6.38. The van der Waals surface area contributed by atoms with Crippen LogP contribution in [-0.4, -0.2) is 18.5 Å². The SMILES string of the molecule is CCCOCC1CC=CS1. The van der Waals surface area contributed by atoms with Gasteiger partial charge in [0, 0.05) is 11.9 Å². The smallest absolute Gasteiger partial charge is 0.0591 e. The van der Waals surface area contributed by atoms with E-state index >= 15 is 0 Å². The lowest BCUT2D eigenvalue weighted by Crippen LogP contribution is -2.08. The molecule has 1 heterocycles. The molecule has 1 aliphatic heterocycles. The van der Waals surface area contributed by atoms with Gasteiger partial charge >= 0.3 is 0 Å². The van der Waals surface area contributed by atoms with Crippen molar-refractivity contribution in [3.05, 3.63) is 11.5 Å². The molecule has 0 radical (unpaired) electrons. The van der Waals surface area contributed by atoms with Crippen LogP contribution in [0.15, 0.2) is 11.5 Å². The molecule has 0 saturated heterocycles. The molecule has 58 valence electrons. The molecule has 0 spiro atoms. The van der Waals surface area contributed by atoms with E-state index in [1.165, 1.54) is 6.42 Å². The van der Waals surface area contributed by atoms with Crippen LogP contribution in [-0.2, 0) is 4.74 Å².